The first kappa shape index (κ1) is 9.75. The number of alkyl halides is 3. The van der Waals surface area contributed by atoms with Gasteiger partial charge in [0, 0.05) is 6.54 Å². The number of hydrogen-bond acceptors (Lipinski definition) is 1. The summed E-state index contributed by atoms with van der Waals surface area (Å²) < 4.78 is 34.1. The molecule has 0 aromatic rings. The van der Waals surface area contributed by atoms with Crippen LogP contribution in [-0.4, -0.2) is 12.8 Å². The van der Waals surface area contributed by atoms with Crippen LogP contribution in [0.3, 0.4) is 0 Å². The highest BCUT2D eigenvalue weighted by Gasteiger charge is 2.25. The highest BCUT2D eigenvalue weighted by atomic mass is 19.4. The number of hydrogen-bond donors (Lipinski definition) is 1. The van der Waals surface area contributed by atoms with E-state index in [1.807, 2.05) is 6.92 Å². The predicted molar refractivity (Wildman–Crippen MR) is 33.6 cm³/mol. The van der Waals surface area contributed by atoms with Gasteiger partial charge in [0.2, 0.25) is 0 Å². The number of halogens is 3. The van der Waals surface area contributed by atoms with Crippen molar-refractivity contribution in [2.24, 2.45) is 0 Å². The second-order valence-electron chi connectivity index (χ2n) is 2.13. The van der Waals surface area contributed by atoms with E-state index in [0.29, 0.717) is 6.42 Å². The van der Waals surface area contributed by atoms with Gasteiger partial charge in [-0.2, -0.15) is 13.2 Å². The smallest absolute Gasteiger partial charge is 0.228 e. The molecule has 0 bridgehead atoms. The van der Waals surface area contributed by atoms with Crippen LogP contribution in [0.5, 0.6) is 0 Å². The van der Waals surface area contributed by atoms with E-state index < -0.39 is 6.30 Å². The fourth-order valence-electron chi connectivity index (χ4n) is 0.605. The topological polar surface area (TPSA) is 12.0 Å². The van der Waals surface area contributed by atoms with Crippen LogP contribution in [0.15, 0.2) is 0 Å². The summed E-state index contributed by atoms with van der Waals surface area (Å²) in [7, 11) is 0. The second-order valence-corrected chi connectivity index (χ2v) is 2.13. The number of nitrogens with one attached hydrogen (secondary N) is 1. The van der Waals surface area contributed by atoms with Gasteiger partial charge >= 0.3 is 6.30 Å². The Labute approximate surface area is 58.6 Å². The van der Waals surface area contributed by atoms with Crippen molar-refractivity contribution in [3.05, 3.63) is 0 Å². The van der Waals surface area contributed by atoms with E-state index in [-0.39, 0.29) is 6.54 Å². The van der Waals surface area contributed by atoms with Gasteiger partial charge in [0.1, 0.15) is 0 Å². The van der Waals surface area contributed by atoms with E-state index in [1.165, 1.54) is 5.32 Å². The van der Waals surface area contributed by atoms with Gasteiger partial charge in [0.25, 0.3) is 0 Å². The third kappa shape index (κ3) is 7.75. The van der Waals surface area contributed by atoms with Crippen molar-refractivity contribution in [2.45, 2.75) is 32.5 Å². The van der Waals surface area contributed by atoms with Crippen molar-refractivity contribution in [2.75, 3.05) is 6.54 Å². The minimum Gasteiger partial charge on any atom is -0.228 e. The lowest BCUT2D eigenvalue weighted by Gasteiger charge is -2.06. The molecule has 0 aromatic carbocycles. The Morgan fingerprint density at radius 1 is 1.20 bits per heavy atom. The maximum atomic E-state index is 11.4. The molecule has 0 saturated heterocycles. The highest BCUT2D eigenvalue weighted by molar-refractivity contribution is 4.48. The molecule has 4 heteroatoms. The van der Waals surface area contributed by atoms with Gasteiger partial charge in [0.05, 0.1) is 0 Å². The second kappa shape index (κ2) is 4.55. The normalized spacial score (nSPS) is 12.0. The predicted octanol–water partition coefficient (Wildman–Crippen LogP) is 2.29. The van der Waals surface area contributed by atoms with Crippen LogP contribution in [0.4, 0.5) is 13.2 Å². The molecule has 0 aliphatic carbocycles. The third-order valence-corrected chi connectivity index (χ3v) is 1.11. The van der Waals surface area contributed by atoms with Gasteiger partial charge in [-0.15, -0.1) is 0 Å². The minimum absolute atomic E-state index is 0.0390. The lowest BCUT2D eigenvalue weighted by Crippen LogP contribution is -2.32. The van der Waals surface area contributed by atoms with Crippen LogP contribution >= 0.6 is 0 Å². The van der Waals surface area contributed by atoms with Crippen LogP contribution < -0.4 is 5.32 Å². The largest absolute Gasteiger partial charge is 0.457 e. The molecule has 0 aliphatic heterocycles. The van der Waals surface area contributed by atoms with Crippen LogP contribution in [0, 0.1) is 0 Å². The van der Waals surface area contributed by atoms with Crippen molar-refractivity contribution < 1.29 is 13.2 Å². The van der Waals surface area contributed by atoms with Crippen LogP contribution in [0.1, 0.15) is 26.2 Å². The quantitative estimate of drug-likeness (QED) is 0.485. The summed E-state index contributed by atoms with van der Waals surface area (Å²) in [6.45, 7) is 1.99. The number of rotatable bonds is 4. The minimum atomic E-state index is -4.20. The summed E-state index contributed by atoms with van der Waals surface area (Å²) in [5.41, 5.74) is 0. The van der Waals surface area contributed by atoms with E-state index in [9.17, 15) is 13.2 Å². The Hall–Kier alpha value is -0.250. The van der Waals surface area contributed by atoms with Crippen molar-refractivity contribution >= 4 is 0 Å². The Balaban J connectivity index is 3.04. The average molecular weight is 155 g/mol. The Morgan fingerprint density at radius 2 is 1.80 bits per heavy atom. The molecule has 0 rings (SSSR count). The van der Waals surface area contributed by atoms with Crippen LogP contribution in [0.2, 0.25) is 0 Å². The third-order valence-electron chi connectivity index (χ3n) is 1.11. The molecule has 0 spiro atoms. The zero-order chi connectivity index (χ0) is 8.04. The summed E-state index contributed by atoms with van der Waals surface area (Å²) >= 11 is 0. The van der Waals surface area contributed by atoms with E-state index >= 15 is 0 Å². The molecule has 0 fully saturated rings. The lowest BCUT2D eigenvalue weighted by atomic mass is 10.2. The summed E-state index contributed by atoms with van der Waals surface area (Å²) in [5.74, 6) is 0. The van der Waals surface area contributed by atoms with E-state index in [4.69, 9.17) is 0 Å². The van der Waals surface area contributed by atoms with E-state index in [1.54, 1.807) is 0 Å². The summed E-state index contributed by atoms with van der Waals surface area (Å²) in [4.78, 5) is 0. The first-order chi connectivity index (χ1) is 4.56. The molecule has 10 heavy (non-hydrogen) atoms. The molecule has 0 unspecified atom stereocenters. The fourth-order valence-corrected chi connectivity index (χ4v) is 0.605. The summed E-state index contributed by atoms with van der Waals surface area (Å²) in [5, 5.41) is 1.46. The van der Waals surface area contributed by atoms with Crippen molar-refractivity contribution in [1.82, 2.24) is 5.32 Å². The van der Waals surface area contributed by atoms with E-state index in [0.717, 1.165) is 12.8 Å². The summed E-state index contributed by atoms with van der Waals surface area (Å²) in [6.07, 6.45) is -1.81. The molecule has 0 amide bonds. The fraction of sp³-hybridized carbons (Fsp3) is 1.00. The Bertz CT molecular complexity index is 79.6. The van der Waals surface area contributed by atoms with Gasteiger partial charge in [-0.25, -0.2) is 5.32 Å². The monoisotopic (exact) mass is 155 g/mol. The van der Waals surface area contributed by atoms with Gasteiger partial charge in [-0.05, 0) is 6.42 Å². The average Bonchev–Trinajstić information content (AvgIpc) is 1.78. The molecule has 0 atom stereocenters. The van der Waals surface area contributed by atoms with Crippen molar-refractivity contribution in [1.29, 1.82) is 0 Å². The highest BCUT2D eigenvalue weighted by Crippen LogP contribution is 2.09. The molecule has 62 valence electrons. The molecule has 1 N–H and O–H groups in total. The zero-order valence-electron chi connectivity index (χ0n) is 5.96. The van der Waals surface area contributed by atoms with Crippen LogP contribution in [0.25, 0.3) is 0 Å². The molecular weight excluding hydrogens is 143 g/mol. The first-order valence-electron chi connectivity index (χ1n) is 3.38. The Kier molecular flexibility index (Phi) is 4.43. The van der Waals surface area contributed by atoms with Gasteiger partial charge < -0.3 is 0 Å². The molecule has 1 nitrogen and oxygen atoms in total. The maximum absolute atomic E-state index is 11.4. The molecule has 0 heterocycles. The molecular formula is C6H12F3N. The SMILES string of the molecule is CCCCCNC(F)(F)F. The molecule has 0 aliphatic rings. The number of unbranched alkanes of at least 4 members (excludes halogenated alkanes) is 2. The van der Waals surface area contributed by atoms with Gasteiger partial charge in [-0.3, -0.25) is 0 Å². The molecule has 0 saturated carbocycles. The molecule has 0 radical (unpaired) electrons. The standard InChI is InChI=1S/C6H12F3N/c1-2-3-4-5-10-6(7,8)9/h10H,2-5H2,1H3. The summed E-state index contributed by atoms with van der Waals surface area (Å²) in [6, 6.07) is 0. The van der Waals surface area contributed by atoms with Crippen molar-refractivity contribution in [3.63, 3.8) is 0 Å². The lowest BCUT2D eigenvalue weighted by molar-refractivity contribution is -0.156. The molecule has 0 aromatic heterocycles. The first-order valence-corrected chi connectivity index (χ1v) is 3.38. The van der Waals surface area contributed by atoms with Crippen LogP contribution in [-0.2, 0) is 0 Å². The maximum Gasteiger partial charge on any atom is 0.457 e. The Morgan fingerprint density at radius 3 is 2.20 bits per heavy atom. The zero-order valence-corrected chi connectivity index (χ0v) is 5.96. The van der Waals surface area contributed by atoms with Crippen molar-refractivity contribution in [3.8, 4) is 0 Å². The van der Waals surface area contributed by atoms with Gasteiger partial charge in [0.15, 0.2) is 0 Å². The van der Waals surface area contributed by atoms with E-state index in [2.05, 4.69) is 0 Å². The van der Waals surface area contributed by atoms with Gasteiger partial charge in [-0.1, -0.05) is 19.8 Å².